The molecule has 1 aromatic carbocycles. The van der Waals surface area contributed by atoms with Gasteiger partial charge < -0.3 is 5.11 Å². The molecule has 0 aliphatic carbocycles. The number of carbonyl (C=O) groups is 1. The Morgan fingerprint density at radius 1 is 1.40 bits per heavy atom. The van der Waals surface area contributed by atoms with Gasteiger partial charge in [0.2, 0.25) is 0 Å². The van der Waals surface area contributed by atoms with Gasteiger partial charge in [-0.1, -0.05) is 30.1 Å². The van der Waals surface area contributed by atoms with Gasteiger partial charge >= 0.3 is 0 Å². The van der Waals surface area contributed by atoms with Gasteiger partial charge in [0, 0.05) is 11.5 Å². The van der Waals surface area contributed by atoms with Crippen molar-refractivity contribution in [1.82, 2.24) is 0 Å². The number of carbonyl (C=O) groups excluding carboxylic acids is 1. The molecule has 1 N–H and O–H groups in total. The van der Waals surface area contributed by atoms with E-state index in [4.69, 9.17) is 28.3 Å². The summed E-state index contributed by atoms with van der Waals surface area (Å²) in [6.07, 6.45) is 0.607. The maximum Gasteiger partial charge on any atom is 0.168 e. The molecule has 0 spiro atoms. The van der Waals surface area contributed by atoms with E-state index in [2.05, 4.69) is 0 Å². The summed E-state index contributed by atoms with van der Waals surface area (Å²) >= 11 is 11.5. The van der Waals surface area contributed by atoms with Gasteiger partial charge in [0.15, 0.2) is 5.78 Å². The van der Waals surface area contributed by atoms with Crippen molar-refractivity contribution in [1.29, 1.82) is 0 Å². The highest BCUT2D eigenvalue weighted by Crippen LogP contribution is 2.24. The van der Waals surface area contributed by atoms with E-state index < -0.39 is 0 Å². The van der Waals surface area contributed by atoms with E-state index in [1.807, 2.05) is 6.92 Å². The Kier molecular flexibility index (Phi) is 4.58. The molecule has 15 heavy (non-hydrogen) atoms. The number of hydrogen-bond acceptors (Lipinski definition) is 2. The Morgan fingerprint density at radius 2 is 2.07 bits per heavy atom. The topological polar surface area (TPSA) is 37.3 Å². The third-order valence-corrected chi connectivity index (χ3v) is 3.03. The van der Waals surface area contributed by atoms with Crippen molar-refractivity contribution in [2.75, 3.05) is 6.61 Å². The largest absolute Gasteiger partial charge is 0.396 e. The smallest absolute Gasteiger partial charge is 0.168 e. The highest BCUT2D eigenvalue weighted by atomic mass is 35.5. The Morgan fingerprint density at radius 3 is 2.53 bits per heavy atom. The van der Waals surface area contributed by atoms with Crippen molar-refractivity contribution in [3.63, 3.8) is 0 Å². The Labute approximate surface area is 98.8 Å². The van der Waals surface area contributed by atoms with Gasteiger partial charge in [0.1, 0.15) is 0 Å². The molecule has 0 heterocycles. The Hall–Kier alpha value is -0.570. The summed E-state index contributed by atoms with van der Waals surface area (Å²) < 4.78 is 0. The molecule has 1 rings (SSSR count). The van der Waals surface area contributed by atoms with Crippen LogP contribution in [0.1, 0.15) is 23.7 Å². The monoisotopic (exact) mass is 246 g/mol. The molecule has 0 saturated carbocycles. The SMILES string of the molecule is CCC(CO)C(=O)c1ccc(Cl)c(Cl)c1. The lowest BCUT2D eigenvalue weighted by atomic mass is 9.96. The average molecular weight is 247 g/mol. The standard InChI is InChI=1S/C11H12Cl2O2/c1-2-7(6-14)11(15)8-3-4-9(12)10(13)5-8/h3-5,7,14H,2,6H2,1H3. The number of benzene rings is 1. The van der Waals surface area contributed by atoms with Crippen LogP contribution in [0, 0.1) is 5.92 Å². The van der Waals surface area contributed by atoms with Gasteiger partial charge in [-0.15, -0.1) is 0 Å². The van der Waals surface area contributed by atoms with Crippen LogP contribution in [0.5, 0.6) is 0 Å². The summed E-state index contributed by atoms with van der Waals surface area (Å²) in [5, 5.41) is 9.78. The van der Waals surface area contributed by atoms with Crippen molar-refractivity contribution in [2.45, 2.75) is 13.3 Å². The number of hydrogen-bond donors (Lipinski definition) is 1. The normalized spacial score (nSPS) is 12.5. The lowest BCUT2D eigenvalue weighted by molar-refractivity contribution is 0.0856. The molecule has 0 aliphatic rings. The molecule has 1 unspecified atom stereocenters. The van der Waals surface area contributed by atoms with E-state index in [1.165, 1.54) is 6.07 Å². The average Bonchev–Trinajstić information content (AvgIpc) is 2.23. The van der Waals surface area contributed by atoms with E-state index >= 15 is 0 Å². The number of rotatable bonds is 4. The third-order valence-electron chi connectivity index (χ3n) is 2.29. The first-order valence-electron chi connectivity index (χ1n) is 4.70. The lowest BCUT2D eigenvalue weighted by Gasteiger charge is -2.10. The van der Waals surface area contributed by atoms with Crippen LogP contribution in [0.25, 0.3) is 0 Å². The van der Waals surface area contributed by atoms with Crippen molar-refractivity contribution in [2.24, 2.45) is 5.92 Å². The first-order chi connectivity index (χ1) is 7.10. The van der Waals surface area contributed by atoms with Crippen LogP contribution in [0.4, 0.5) is 0 Å². The summed E-state index contributed by atoms with van der Waals surface area (Å²) in [5.41, 5.74) is 0.491. The fourth-order valence-electron chi connectivity index (χ4n) is 1.28. The molecule has 0 amide bonds. The van der Waals surface area contributed by atoms with Crippen LogP contribution in [-0.2, 0) is 0 Å². The Bertz CT molecular complexity index is 360. The number of Topliss-reactive ketones (excluding diaryl/α,β-unsaturated/α-hetero) is 1. The van der Waals surface area contributed by atoms with E-state index in [1.54, 1.807) is 12.1 Å². The predicted molar refractivity (Wildman–Crippen MR) is 61.7 cm³/mol. The summed E-state index contributed by atoms with van der Waals surface area (Å²) in [5.74, 6) is -0.458. The molecule has 2 nitrogen and oxygen atoms in total. The number of halogens is 2. The summed E-state index contributed by atoms with van der Waals surface area (Å²) in [6, 6.07) is 4.74. The van der Waals surface area contributed by atoms with Gasteiger partial charge in [-0.25, -0.2) is 0 Å². The zero-order valence-corrected chi connectivity index (χ0v) is 9.85. The molecule has 1 atom stereocenters. The minimum Gasteiger partial charge on any atom is -0.396 e. The minimum absolute atomic E-state index is 0.0985. The summed E-state index contributed by atoms with van der Waals surface area (Å²) in [7, 11) is 0. The van der Waals surface area contributed by atoms with Crippen molar-refractivity contribution < 1.29 is 9.90 Å². The van der Waals surface area contributed by atoms with Crippen LogP contribution >= 0.6 is 23.2 Å². The molecule has 0 bridgehead atoms. The van der Waals surface area contributed by atoms with Gasteiger partial charge in [0.05, 0.1) is 16.7 Å². The lowest BCUT2D eigenvalue weighted by Crippen LogP contribution is -2.17. The van der Waals surface area contributed by atoms with Crippen LogP contribution in [0.2, 0.25) is 10.0 Å². The second kappa shape index (κ2) is 5.50. The van der Waals surface area contributed by atoms with Crippen LogP contribution < -0.4 is 0 Å². The predicted octanol–water partition coefficient (Wildman–Crippen LogP) is 3.19. The van der Waals surface area contributed by atoms with E-state index in [0.717, 1.165) is 0 Å². The quantitative estimate of drug-likeness (QED) is 0.829. The fourth-order valence-corrected chi connectivity index (χ4v) is 1.58. The Balaban J connectivity index is 2.96. The molecule has 0 aliphatic heterocycles. The molecule has 1 aromatic rings. The summed E-state index contributed by atoms with van der Waals surface area (Å²) in [4.78, 5) is 11.8. The van der Waals surface area contributed by atoms with Crippen molar-refractivity contribution >= 4 is 29.0 Å². The first-order valence-corrected chi connectivity index (χ1v) is 5.45. The van der Waals surface area contributed by atoms with E-state index in [-0.39, 0.29) is 18.3 Å². The van der Waals surface area contributed by atoms with Crippen LogP contribution in [-0.4, -0.2) is 17.5 Å². The maximum atomic E-state index is 11.8. The number of ketones is 1. The second-order valence-electron chi connectivity index (χ2n) is 3.28. The summed E-state index contributed by atoms with van der Waals surface area (Å²) in [6.45, 7) is 1.71. The highest BCUT2D eigenvalue weighted by Gasteiger charge is 2.17. The first kappa shape index (κ1) is 12.5. The van der Waals surface area contributed by atoms with Crippen molar-refractivity contribution in [3.8, 4) is 0 Å². The molecular formula is C11H12Cl2O2. The third kappa shape index (κ3) is 2.94. The van der Waals surface area contributed by atoms with Crippen LogP contribution in [0.3, 0.4) is 0 Å². The number of aliphatic hydroxyl groups is 1. The molecule has 4 heteroatoms. The highest BCUT2D eigenvalue weighted by molar-refractivity contribution is 6.42. The van der Waals surface area contributed by atoms with E-state index in [9.17, 15) is 4.79 Å². The van der Waals surface area contributed by atoms with Gasteiger partial charge in [0.25, 0.3) is 0 Å². The molecule has 0 fully saturated rings. The molecular weight excluding hydrogens is 235 g/mol. The molecule has 0 radical (unpaired) electrons. The zero-order chi connectivity index (χ0) is 11.4. The maximum absolute atomic E-state index is 11.8. The van der Waals surface area contributed by atoms with Crippen molar-refractivity contribution in [3.05, 3.63) is 33.8 Å². The fraction of sp³-hybridized carbons (Fsp3) is 0.364. The van der Waals surface area contributed by atoms with E-state index in [0.29, 0.717) is 22.0 Å². The molecule has 0 aromatic heterocycles. The van der Waals surface area contributed by atoms with Crippen LogP contribution in [0.15, 0.2) is 18.2 Å². The zero-order valence-electron chi connectivity index (χ0n) is 8.34. The van der Waals surface area contributed by atoms with Gasteiger partial charge in [-0.3, -0.25) is 4.79 Å². The number of aliphatic hydroxyl groups excluding tert-OH is 1. The minimum atomic E-state index is -0.359. The second-order valence-corrected chi connectivity index (χ2v) is 4.10. The molecule has 0 saturated heterocycles. The van der Waals surface area contributed by atoms with Gasteiger partial charge in [-0.05, 0) is 24.6 Å². The molecule has 82 valence electrons. The van der Waals surface area contributed by atoms with Gasteiger partial charge in [-0.2, -0.15) is 0 Å².